The van der Waals surface area contributed by atoms with Crippen LogP contribution >= 0.6 is 23.8 Å². The van der Waals surface area contributed by atoms with Crippen LogP contribution in [0.15, 0.2) is 48.0 Å². The van der Waals surface area contributed by atoms with Crippen LogP contribution in [-0.4, -0.2) is 30.6 Å². The Labute approximate surface area is 172 Å². The zero-order valence-electron chi connectivity index (χ0n) is 15.2. The van der Waals surface area contributed by atoms with Crippen molar-refractivity contribution in [3.8, 4) is 11.5 Å². The number of nitrogens with one attached hydrogen (secondary N) is 1. The Hall–Kier alpha value is -2.90. The fourth-order valence-corrected chi connectivity index (χ4v) is 3.26. The Morgan fingerprint density at radius 3 is 2.68 bits per heavy atom. The molecule has 2 aromatic rings. The fraction of sp³-hybridized carbons (Fsp3) is 0.150. The standard InChI is InChI=1S/C20H17ClN2O4S/c1-3-27-14-6-4-5-13(11-14)23-19(25)15(18(24)22-20(23)28)9-12-7-8-17(26-2)16(21)10-12/h4-11H,3H2,1-2H3,(H,22,24,28)/b15-9+. The fourth-order valence-electron chi connectivity index (χ4n) is 2.71. The van der Waals surface area contributed by atoms with Crippen molar-refractivity contribution < 1.29 is 19.1 Å². The number of carbonyl (C=O) groups excluding carboxylic acids is 2. The van der Waals surface area contributed by atoms with E-state index >= 15 is 0 Å². The molecule has 0 aliphatic carbocycles. The molecule has 6 nitrogen and oxygen atoms in total. The summed E-state index contributed by atoms with van der Waals surface area (Å²) in [4.78, 5) is 26.7. The topological polar surface area (TPSA) is 67.9 Å². The zero-order chi connectivity index (χ0) is 20.3. The number of rotatable bonds is 5. The van der Waals surface area contributed by atoms with Gasteiger partial charge in [-0.3, -0.25) is 19.8 Å². The van der Waals surface area contributed by atoms with Gasteiger partial charge in [0.15, 0.2) is 5.11 Å². The van der Waals surface area contributed by atoms with E-state index in [2.05, 4.69) is 5.32 Å². The van der Waals surface area contributed by atoms with E-state index in [9.17, 15) is 9.59 Å². The van der Waals surface area contributed by atoms with Crippen LogP contribution in [-0.2, 0) is 9.59 Å². The summed E-state index contributed by atoms with van der Waals surface area (Å²) in [5.41, 5.74) is 1.02. The molecular weight excluding hydrogens is 400 g/mol. The third-order valence-electron chi connectivity index (χ3n) is 3.98. The lowest BCUT2D eigenvalue weighted by molar-refractivity contribution is -0.122. The number of hydrogen-bond acceptors (Lipinski definition) is 5. The van der Waals surface area contributed by atoms with Gasteiger partial charge in [-0.2, -0.15) is 0 Å². The highest BCUT2D eigenvalue weighted by Gasteiger charge is 2.34. The number of methoxy groups -OCH3 is 1. The maximum absolute atomic E-state index is 13.0. The molecule has 0 atom stereocenters. The number of benzene rings is 2. The third kappa shape index (κ3) is 4.00. The number of thiocarbonyl (C=S) groups is 1. The third-order valence-corrected chi connectivity index (χ3v) is 4.56. The average Bonchev–Trinajstić information content (AvgIpc) is 2.66. The van der Waals surface area contributed by atoms with Crippen molar-refractivity contribution in [1.29, 1.82) is 0 Å². The lowest BCUT2D eigenvalue weighted by atomic mass is 10.1. The van der Waals surface area contributed by atoms with Gasteiger partial charge in [-0.05, 0) is 55.0 Å². The molecule has 0 radical (unpaired) electrons. The van der Waals surface area contributed by atoms with Crippen molar-refractivity contribution >= 4 is 52.5 Å². The number of nitrogens with zero attached hydrogens (tertiary/aromatic N) is 1. The van der Waals surface area contributed by atoms with E-state index in [-0.39, 0.29) is 10.7 Å². The first-order valence-corrected chi connectivity index (χ1v) is 9.21. The number of carbonyl (C=O) groups is 2. The number of amides is 2. The smallest absolute Gasteiger partial charge is 0.270 e. The van der Waals surface area contributed by atoms with Crippen LogP contribution in [0.1, 0.15) is 12.5 Å². The van der Waals surface area contributed by atoms with Gasteiger partial charge in [-0.1, -0.05) is 23.7 Å². The van der Waals surface area contributed by atoms with Gasteiger partial charge < -0.3 is 9.47 Å². The minimum atomic E-state index is -0.570. The minimum absolute atomic E-state index is 0.00793. The van der Waals surface area contributed by atoms with Gasteiger partial charge in [0.1, 0.15) is 17.1 Å². The van der Waals surface area contributed by atoms with E-state index in [0.29, 0.717) is 34.4 Å². The summed E-state index contributed by atoms with van der Waals surface area (Å²) in [6.07, 6.45) is 1.46. The Balaban J connectivity index is 1.98. The van der Waals surface area contributed by atoms with Crippen LogP contribution in [0.25, 0.3) is 6.08 Å². The Bertz CT molecular complexity index is 990. The van der Waals surface area contributed by atoms with Crippen LogP contribution in [0.5, 0.6) is 11.5 Å². The molecule has 1 aliphatic rings. The molecule has 3 rings (SSSR count). The predicted molar refractivity (Wildman–Crippen MR) is 112 cm³/mol. The molecule has 1 aliphatic heterocycles. The zero-order valence-corrected chi connectivity index (χ0v) is 16.8. The SMILES string of the molecule is CCOc1cccc(N2C(=O)/C(=C/c3ccc(OC)c(Cl)c3)C(=O)NC2=S)c1. The second-order valence-electron chi connectivity index (χ2n) is 5.78. The number of halogens is 1. The Morgan fingerprint density at radius 2 is 2.00 bits per heavy atom. The number of hydrogen-bond donors (Lipinski definition) is 1. The molecule has 1 N–H and O–H groups in total. The Kier molecular flexibility index (Phi) is 5.96. The van der Waals surface area contributed by atoms with E-state index in [4.69, 9.17) is 33.3 Å². The maximum atomic E-state index is 13.0. The summed E-state index contributed by atoms with van der Waals surface area (Å²) in [7, 11) is 1.51. The van der Waals surface area contributed by atoms with Crippen LogP contribution < -0.4 is 19.7 Å². The Morgan fingerprint density at radius 1 is 1.21 bits per heavy atom. The molecular formula is C20H17ClN2O4S. The number of ether oxygens (including phenoxy) is 2. The van der Waals surface area contributed by atoms with Crippen molar-refractivity contribution in [1.82, 2.24) is 5.32 Å². The van der Waals surface area contributed by atoms with E-state index in [1.807, 2.05) is 6.92 Å². The van der Waals surface area contributed by atoms with Gasteiger partial charge in [-0.15, -0.1) is 0 Å². The molecule has 28 heavy (non-hydrogen) atoms. The van der Waals surface area contributed by atoms with Gasteiger partial charge in [0.05, 0.1) is 24.4 Å². The van der Waals surface area contributed by atoms with E-state index < -0.39 is 11.8 Å². The van der Waals surface area contributed by atoms with Crippen LogP contribution in [0.4, 0.5) is 5.69 Å². The summed E-state index contributed by atoms with van der Waals surface area (Å²) in [5, 5.41) is 2.93. The van der Waals surface area contributed by atoms with Crippen molar-refractivity contribution in [3.05, 3.63) is 58.6 Å². The minimum Gasteiger partial charge on any atom is -0.495 e. The van der Waals surface area contributed by atoms with Gasteiger partial charge in [0, 0.05) is 6.07 Å². The molecule has 0 aromatic heterocycles. The highest BCUT2D eigenvalue weighted by molar-refractivity contribution is 7.80. The highest BCUT2D eigenvalue weighted by Crippen LogP contribution is 2.28. The first-order valence-electron chi connectivity index (χ1n) is 8.42. The quantitative estimate of drug-likeness (QED) is 0.458. The first kappa shape index (κ1) is 19.9. The molecule has 0 unspecified atom stereocenters. The average molecular weight is 417 g/mol. The summed E-state index contributed by atoms with van der Waals surface area (Å²) in [6.45, 7) is 2.35. The second kappa shape index (κ2) is 8.41. The molecule has 2 amide bonds. The van der Waals surface area contributed by atoms with E-state index in [1.165, 1.54) is 18.1 Å². The molecule has 1 fully saturated rings. The molecule has 144 valence electrons. The highest BCUT2D eigenvalue weighted by atomic mass is 35.5. The summed E-state index contributed by atoms with van der Waals surface area (Å²) in [6, 6.07) is 11.9. The van der Waals surface area contributed by atoms with Gasteiger partial charge in [-0.25, -0.2) is 0 Å². The van der Waals surface area contributed by atoms with Crippen molar-refractivity contribution in [2.45, 2.75) is 6.92 Å². The number of anilines is 1. The molecule has 0 spiro atoms. The van der Waals surface area contributed by atoms with Crippen molar-refractivity contribution in [2.24, 2.45) is 0 Å². The summed E-state index contributed by atoms with van der Waals surface area (Å²) < 4.78 is 10.6. The van der Waals surface area contributed by atoms with Gasteiger partial charge in [0.25, 0.3) is 11.8 Å². The van der Waals surface area contributed by atoms with Crippen molar-refractivity contribution in [3.63, 3.8) is 0 Å². The molecule has 1 saturated heterocycles. The van der Waals surface area contributed by atoms with E-state index in [0.717, 1.165) is 0 Å². The molecule has 1 heterocycles. The lowest BCUT2D eigenvalue weighted by Crippen LogP contribution is -2.54. The van der Waals surface area contributed by atoms with E-state index in [1.54, 1.807) is 42.5 Å². The molecule has 0 bridgehead atoms. The molecule has 2 aromatic carbocycles. The monoisotopic (exact) mass is 416 g/mol. The normalized spacial score (nSPS) is 15.6. The molecule has 8 heteroatoms. The largest absolute Gasteiger partial charge is 0.495 e. The van der Waals surface area contributed by atoms with Gasteiger partial charge in [0.2, 0.25) is 0 Å². The lowest BCUT2D eigenvalue weighted by Gasteiger charge is -2.29. The predicted octanol–water partition coefficient (Wildman–Crippen LogP) is 3.58. The summed E-state index contributed by atoms with van der Waals surface area (Å²) in [5.74, 6) is -0.00718. The van der Waals surface area contributed by atoms with Crippen LogP contribution in [0.3, 0.4) is 0 Å². The van der Waals surface area contributed by atoms with Gasteiger partial charge >= 0.3 is 0 Å². The summed E-state index contributed by atoms with van der Waals surface area (Å²) >= 11 is 11.3. The first-order chi connectivity index (χ1) is 13.4. The second-order valence-corrected chi connectivity index (χ2v) is 6.58. The van der Waals surface area contributed by atoms with Crippen molar-refractivity contribution in [2.75, 3.05) is 18.6 Å². The maximum Gasteiger partial charge on any atom is 0.270 e. The van der Waals surface area contributed by atoms with Crippen LogP contribution in [0.2, 0.25) is 5.02 Å². The molecule has 0 saturated carbocycles. The van der Waals surface area contributed by atoms with Crippen LogP contribution in [0, 0.1) is 0 Å².